The second-order valence-corrected chi connectivity index (χ2v) is 16.5. The number of para-hydroxylation sites is 3. The minimum Gasteiger partial charge on any atom is -0.456 e. The topological polar surface area (TPSA) is 34.5 Å². The molecule has 13 aromatic rings. The van der Waals surface area contributed by atoms with Crippen LogP contribution in [0.15, 0.2) is 239 Å². The third-order valence-corrected chi connectivity index (χ3v) is 12.8. The van der Waals surface area contributed by atoms with Crippen molar-refractivity contribution in [2.24, 2.45) is 0 Å². The minimum absolute atomic E-state index is 0.853. The third kappa shape index (κ3) is 5.77. The van der Waals surface area contributed by atoms with E-state index >= 15 is 0 Å². The molecule has 0 amide bonds. The fraction of sp³-hybridized carbons (Fsp3) is 0. The molecule has 4 nitrogen and oxygen atoms in total. The first-order valence-corrected chi connectivity index (χ1v) is 21.7. The van der Waals surface area contributed by atoms with E-state index in [2.05, 4.69) is 216 Å². The molecule has 0 unspecified atom stereocenters. The summed E-state index contributed by atoms with van der Waals surface area (Å²) in [6.07, 6.45) is 0. The monoisotopic (exact) mass is 818 g/mol. The van der Waals surface area contributed by atoms with Crippen LogP contribution in [-0.4, -0.2) is 4.57 Å². The van der Waals surface area contributed by atoms with E-state index in [1.54, 1.807) is 0 Å². The molecule has 64 heavy (non-hydrogen) atoms. The summed E-state index contributed by atoms with van der Waals surface area (Å²) in [5.74, 6) is 0. The molecule has 0 aliphatic heterocycles. The maximum atomic E-state index is 6.57. The van der Waals surface area contributed by atoms with Crippen LogP contribution >= 0.6 is 0 Å². The minimum atomic E-state index is 0.853. The molecular weight excluding hydrogens is 781 g/mol. The molecule has 0 fully saturated rings. The van der Waals surface area contributed by atoms with Crippen LogP contribution in [0, 0.1) is 0 Å². The van der Waals surface area contributed by atoms with E-state index in [-0.39, 0.29) is 0 Å². The highest BCUT2D eigenvalue weighted by Crippen LogP contribution is 2.42. The molecule has 0 radical (unpaired) electrons. The van der Waals surface area contributed by atoms with Gasteiger partial charge in [0.25, 0.3) is 0 Å². The zero-order valence-corrected chi connectivity index (χ0v) is 34.7. The molecule has 10 aromatic carbocycles. The maximum absolute atomic E-state index is 6.57. The number of benzene rings is 10. The average Bonchev–Trinajstić information content (AvgIpc) is 4.04. The molecule has 4 heteroatoms. The Morgan fingerprint density at radius 3 is 1.50 bits per heavy atom. The van der Waals surface area contributed by atoms with E-state index in [1.807, 2.05) is 24.3 Å². The third-order valence-electron chi connectivity index (χ3n) is 12.8. The number of anilines is 3. The molecule has 0 bridgehead atoms. The molecule has 0 aliphatic rings. The molecule has 0 spiro atoms. The van der Waals surface area contributed by atoms with Crippen molar-refractivity contribution in [3.63, 3.8) is 0 Å². The summed E-state index contributed by atoms with van der Waals surface area (Å²) < 4.78 is 15.0. The SMILES string of the molecule is c1ccc2c(-c3ccc(N(c4ccc(-c5ccc(-c6cccc7oc8ccccc8c67)cc5)cc4)c4ccc(-n5c6ccccc6c6c7ccccc7oc65)cc4)cc3)cccc2c1. The molecule has 0 saturated carbocycles. The number of furan rings is 2. The number of aromatic nitrogens is 1. The van der Waals surface area contributed by atoms with Gasteiger partial charge in [-0.25, -0.2) is 0 Å². The number of hydrogen-bond donors (Lipinski definition) is 0. The van der Waals surface area contributed by atoms with Gasteiger partial charge in [0.1, 0.15) is 16.7 Å². The van der Waals surface area contributed by atoms with E-state index in [0.29, 0.717) is 0 Å². The Bertz CT molecular complexity index is 3870. The van der Waals surface area contributed by atoms with Gasteiger partial charge in [-0.3, -0.25) is 4.57 Å². The highest BCUT2D eigenvalue weighted by Gasteiger charge is 2.20. The van der Waals surface area contributed by atoms with Crippen LogP contribution < -0.4 is 4.90 Å². The standard InChI is InChI=1S/C60H38N2O2/c1-2-13-48-41(11-1)12-9-17-49(48)42-29-33-45(34-30-42)61(46-35-37-47(38-36-46)62-54-19-6-3-14-51(54)59-53-16-5-8-21-56(53)64-60(59)62)44-31-27-40(28-32-44)39-23-25-43(26-24-39)50-18-10-22-57-58(50)52-15-4-7-20-55(52)63-57/h1-38H. The first kappa shape index (κ1) is 36.1. The lowest BCUT2D eigenvalue weighted by Gasteiger charge is -2.26. The first-order valence-electron chi connectivity index (χ1n) is 21.7. The van der Waals surface area contributed by atoms with Crippen molar-refractivity contribution < 1.29 is 8.83 Å². The van der Waals surface area contributed by atoms with Crippen LogP contribution in [0.5, 0.6) is 0 Å². The van der Waals surface area contributed by atoms with Crippen LogP contribution in [0.25, 0.3) is 105 Å². The average molecular weight is 819 g/mol. The zero-order chi connectivity index (χ0) is 42.1. The normalized spacial score (nSPS) is 11.8. The molecule has 0 N–H and O–H groups in total. The number of rotatable bonds is 7. The smallest absolute Gasteiger partial charge is 0.213 e. The van der Waals surface area contributed by atoms with Crippen molar-refractivity contribution in [3.05, 3.63) is 231 Å². The van der Waals surface area contributed by atoms with E-state index in [1.165, 1.54) is 32.8 Å². The Morgan fingerprint density at radius 2 is 0.781 bits per heavy atom. The van der Waals surface area contributed by atoms with Gasteiger partial charge < -0.3 is 13.7 Å². The van der Waals surface area contributed by atoms with Gasteiger partial charge in [0.15, 0.2) is 0 Å². The van der Waals surface area contributed by atoms with Gasteiger partial charge >= 0.3 is 0 Å². The number of fused-ring (bicyclic) bond motifs is 9. The number of nitrogens with zero attached hydrogens (tertiary/aromatic N) is 2. The van der Waals surface area contributed by atoms with Crippen LogP contribution in [-0.2, 0) is 0 Å². The maximum Gasteiger partial charge on any atom is 0.213 e. The molecule has 3 heterocycles. The Labute approximate surface area is 369 Å². The zero-order valence-electron chi connectivity index (χ0n) is 34.7. The van der Waals surface area contributed by atoms with Gasteiger partial charge in [-0.05, 0) is 117 Å². The number of hydrogen-bond acceptors (Lipinski definition) is 3. The predicted octanol–water partition coefficient (Wildman–Crippen LogP) is 17.1. The molecule has 0 aliphatic carbocycles. The first-order chi connectivity index (χ1) is 31.7. The van der Waals surface area contributed by atoms with Crippen LogP contribution in [0.1, 0.15) is 0 Å². The molecule has 0 atom stereocenters. The van der Waals surface area contributed by atoms with E-state index in [0.717, 1.165) is 89.0 Å². The summed E-state index contributed by atoms with van der Waals surface area (Å²) in [6.45, 7) is 0. The van der Waals surface area contributed by atoms with E-state index in [9.17, 15) is 0 Å². The van der Waals surface area contributed by atoms with Gasteiger partial charge in [-0.1, -0.05) is 158 Å². The van der Waals surface area contributed by atoms with Crippen molar-refractivity contribution in [3.8, 4) is 39.1 Å². The Kier molecular flexibility index (Phi) is 8.18. The Balaban J connectivity index is 0.881. The van der Waals surface area contributed by atoms with E-state index in [4.69, 9.17) is 8.83 Å². The van der Waals surface area contributed by atoms with Crippen LogP contribution in [0.4, 0.5) is 17.1 Å². The van der Waals surface area contributed by atoms with Gasteiger partial charge in [-0.2, -0.15) is 0 Å². The summed E-state index contributed by atoms with van der Waals surface area (Å²) in [5, 5.41) is 8.22. The Morgan fingerprint density at radius 1 is 0.312 bits per heavy atom. The molecule has 300 valence electrons. The lowest BCUT2D eigenvalue weighted by Crippen LogP contribution is -2.10. The van der Waals surface area contributed by atoms with Gasteiger partial charge in [0.2, 0.25) is 5.71 Å². The highest BCUT2D eigenvalue weighted by atomic mass is 16.3. The molecule has 13 rings (SSSR count). The van der Waals surface area contributed by atoms with Crippen molar-refractivity contribution in [1.29, 1.82) is 0 Å². The fourth-order valence-electron chi connectivity index (χ4n) is 9.82. The molecule has 3 aromatic heterocycles. The summed E-state index contributed by atoms with van der Waals surface area (Å²) in [4.78, 5) is 2.34. The Hall–Kier alpha value is -8.60. The summed E-state index contributed by atoms with van der Waals surface area (Å²) in [5.41, 5.74) is 15.9. The molecular formula is C60H38N2O2. The van der Waals surface area contributed by atoms with Gasteiger partial charge in [-0.15, -0.1) is 0 Å². The largest absolute Gasteiger partial charge is 0.456 e. The molecule has 0 saturated heterocycles. The summed E-state index contributed by atoms with van der Waals surface area (Å²) in [6, 6.07) is 82.2. The van der Waals surface area contributed by atoms with E-state index < -0.39 is 0 Å². The van der Waals surface area contributed by atoms with Gasteiger partial charge in [0.05, 0.1) is 10.9 Å². The summed E-state index contributed by atoms with van der Waals surface area (Å²) >= 11 is 0. The predicted molar refractivity (Wildman–Crippen MR) is 266 cm³/mol. The second-order valence-electron chi connectivity index (χ2n) is 16.5. The fourth-order valence-corrected chi connectivity index (χ4v) is 9.82. The highest BCUT2D eigenvalue weighted by molar-refractivity contribution is 6.20. The van der Waals surface area contributed by atoms with Crippen LogP contribution in [0.2, 0.25) is 0 Å². The van der Waals surface area contributed by atoms with Crippen molar-refractivity contribution in [1.82, 2.24) is 4.57 Å². The van der Waals surface area contributed by atoms with Gasteiger partial charge in [0, 0.05) is 44.3 Å². The van der Waals surface area contributed by atoms with Crippen molar-refractivity contribution in [2.75, 3.05) is 4.90 Å². The lowest BCUT2D eigenvalue weighted by molar-refractivity contribution is 0.645. The van der Waals surface area contributed by atoms with Crippen molar-refractivity contribution >= 4 is 82.7 Å². The quantitative estimate of drug-likeness (QED) is 0.161. The summed E-state index contributed by atoms with van der Waals surface area (Å²) in [7, 11) is 0. The lowest BCUT2D eigenvalue weighted by atomic mass is 9.97. The second kappa shape index (κ2) is 14.5. The van der Waals surface area contributed by atoms with Crippen molar-refractivity contribution in [2.45, 2.75) is 0 Å². The van der Waals surface area contributed by atoms with Crippen LogP contribution in [0.3, 0.4) is 0 Å².